The molecule has 0 radical (unpaired) electrons. The van der Waals surface area contributed by atoms with E-state index in [1.165, 1.54) is 43.8 Å². The van der Waals surface area contributed by atoms with E-state index in [2.05, 4.69) is 82.1 Å². The topological polar surface area (TPSA) is 26.0 Å². The largest absolute Gasteiger partial charge is 0.330 e. The minimum atomic E-state index is 0.383. The third-order valence-electron chi connectivity index (χ3n) is 5.33. The molecule has 2 heteroatoms. The third-order valence-corrected chi connectivity index (χ3v) is 6.40. The molecule has 0 aliphatic carbocycles. The molecule has 0 bridgehead atoms. The minimum Gasteiger partial charge on any atom is -0.330 e. The van der Waals surface area contributed by atoms with Crippen LogP contribution < -0.4 is 5.73 Å². The molecule has 1 atom stereocenters. The smallest absolute Gasteiger partial charge is 0.0372 e. The average molecular weight is 376 g/mol. The van der Waals surface area contributed by atoms with Gasteiger partial charge < -0.3 is 5.73 Å². The molecule has 0 saturated carbocycles. The second-order valence-corrected chi connectivity index (χ2v) is 8.26. The van der Waals surface area contributed by atoms with E-state index < -0.39 is 0 Å². The predicted octanol–water partition coefficient (Wildman–Crippen LogP) is 7.05. The Labute approximate surface area is 167 Å². The summed E-state index contributed by atoms with van der Waals surface area (Å²) < 4.78 is 0. The van der Waals surface area contributed by atoms with Crippen LogP contribution in [0.5, 0.6) is 0 Å². The maximum absolute atomic E-state index is 5.84. The normalized spacial score (nSPS) is 12.2. The van der Waals surface area contributed by atoms with Crippen molar-refractivity contribution in [3.63, 3.8) is 0 Å². The van der Waals surface area contributed by atoms with Gasteiger partial charge in [0.05, 0.1) is 0 Å². The van der Waals surface area contributed by atoms with E-state index in [-0.39, 0.29) is 0 Å². The van der Waals surface area contributed by atoms with Gasteiger partial charge in [0.15, 0.2) is 0 Å². The first-order valence-electron chi connectivity index (χ1n) is 9.64. The van der Waals surface area contributed by atoms with Gasteiger partial charge in [-0.2, -0.15) is 0 Å². The van der Waals surface area contributed by atoms with Crippen LogP contribution in [0.25, 0.3) is 27.8 Å². The zero-order valence-electron chi connectivity index (χ0n) is 16.8. The first-order chi connectivity index (χ1) is 13.0. The number of benzene rings is 2. The first-order valence-corrected chi connectivity index (χ1v) is 10.5. The summed E-state index contributed by atoms with van der Waals surface area (Å²) in [5.74, 6) is 0.383. The van der Waals surface area contributed by atoms with Gasteiger partial charge in [0.25, 0.3) is 0 Å². The molecule has 140 valence electrons. The highest BCUT2D eigenvalue weighted by atomic mass is 32.1. The van der Waals surface area contributed by atoms with Crippen LogP contribution in [0.3, 0.4) is 0 Å². The quantitative estimate of drug-likeness (QED) is 0.491. The van der Waals surface area contributed by atoms with Gasteiger partial charge in [-0.05, 0) is 83.1 Å². The maximum Gasteiger partial charge on any atom is 0.0372 e. The summed E-state index contributed by atoms with van der Waals surface area (Å²) in [4.78, 5) is 1.28. The standard InChI is InChI=1S/C25H29NS/c1-6-19-8-7-17(4)23(22-13-14-27-25(22)16(2)3)24(19)21-11-9-20(10-12-21)18(5)15-26/h7-14,18H,2,6,15,26H2,1,3-5H3. The summed E-state index contributed by atoms with van der Waals surface area (Å²) in [5, 5.41) is 2.17. The van der Waals surface area contributed by atoms with E-state index in [0.29, 0.717) is 12.5 Å². The molecular formula is C25H29NS. The van der Waals surface area contributed by atoms with E-state index in [4.69, 9.17) is 5.73 Å². The summed E-state index contributed by atoms with van der Waals surface area (Å²) >= 11 is 1.77. The summed E-state index contributed by atoms with van der Waals surface area (Å²) in [6, 6.07) is 15.7. The van der Waals surface area contributed by atoms with Crippen molar-refractivity contribution in [1.29, 1.82) is 0 Å². The van der Waals surface area contributed by atoms with Crippen LogP contribution in [0.15, 0.2) is 54.4 Å². The Kier molecular flexibility index (Phi) is 5.98. The zero-order chi connectivity index (χ0) is 19.6. The van der Waals surface area contributed by atoms with Gasteiger partial charge in [-0.15, -0.1) is 11.3 Å². The molecule has 2 N–H and O–H groups in total. The van der Waals surface area contributed by atoms with Crippen molar-refractivity contribution < 1.29 is 0 Å². The number of rotatable bonds is 6. The molecule has 1 aromatic heterocycles. The molecule has 27 heavy (non-hydrogen) atoms. The van der Waals surface area contributed by atoms with Gasteiger partial charge in [-0.3, -0.25) is 0 Å². The Balaban J connectivity index is 2.24. The van der Waals surface area contributed by atoms with Gasteiger partial charge >= 0.3 is 0 Å². The number of allylic oxidation sites excluding steroid dienone is 1. The Hall–Kier alpha value is -2.16. The SMILES string of the molecule is C=C(C)c1sccc1-c1c(C)ccc(CC)c1-c1ccc(C(C)CN)cc1. The second-order valence-electron chi connectivity index (χ2n) is 7.35. The molecule has 3 aromatic rings. The highest BCUT2D eigenvalue weighted by Crippen LogP contribution is 2.42. The van der Waals surface area contributed by atoms with Crippen molar-refractivity contribution in [2.24, 2.45) is 5.73 Å². The molecule has 0 aliphatic rings. The van der Waals surface area contributed by atoms with E-state index in [9.17, 15) is 0 Å². The molecule has 0 saturated heterocycles. The first kappa shape index (κ1) is 19.6. The highest BCUT2D eigenvalue weighted by Gasteiger charge is 2.18. The van der Waals surface area contributed by atoms with Crippen LogP contribution in [-0.2, 0) is 6.42 Å². The van der Waals surface area contributed by atoms with Gasteiger partial charge in [0.1, 0.15) is 0 Å². The van der Waals surface area contributed by atoms with Crippen molar-refractivity contribution in [2.75, 3.05) is 6.54 Å². The Morgan fingerprint density at radius 3 is 2.37 bits per heavy atom. The fourth-order valence-electron chi connectivity index (χ4n) is 3.67. The summed E-state index contributed by atoms with van der Waals surface area (Å²) in [5.41, 5.74) is 16.2. The van der Waals surface area contributed by atoms with E-state index in [0.717, 1.165) is 12.0 Å². The van der Waals surface area contributed by atoms with E-state index in [1.807, 2.05) is 0 Å². The molecule has 1 nitrogen and oxygen atoms in total. The van der Waals surface area contributed by atoms with Crippen LogP contribution in [-0.4, -0.2) is 6.54 Å². The van der Waals surface area contributed by atoms with Crippen LogP contribution >= 0.6 is 11.3 Å². The monoisotopic (exact) mass is 375 g/mol. The minimum absolute atomic E-state index is 0.383. The fourth-order valence-corrected chi connectivity index (χ4v) is 4.51. The number of nitrogens with two attached hydrogens (primary N) is 1. The van der Waals surface area contributed by atoms with Crippen LogP contribution in [0.4, 0.5) is 0 Å². The van der Waals surface area contributed by atoms with Gasteiger partial charge in [0.2, 0.25) is 0 Å². The van der Waals surface area contributed by atoms with Gasteiger partial charge in [-0.25, -0.2) is 0 Å². The number of hydrogen-bond donors (Lipinski definition) is 1. The van der Waals surface area contributed by atoms with Crippen molar-refractivity contribution in [1.82, 2.24) is 0 Å². The molecule has 2 aromatic carbocycles. The summed E-state index contributed by atoms with van der Waals surface area (Å²) in [6.07, 6.45) is 1.01. The Bertz CT molecular complexity index is 947. The molecule has 0 amide bonds. The number of hydrogen-bond acceptors (Lipinski definition) is 2. The maximum atomic E-state index is 5.84. The summed E-state index contributed by atoms with van der Waals surface area (Å²) in [7, 11) is 0. The summed E-state index contributed by atoms with van der Waals surface area (Å²) in [6.45, 7) is 13.6. The highest BCUT2D eigenvalue weighted by molar-refractivity contribution is 7.11. The third kappa shape index (κ3) is 3.78. The lowest BCUT2D eigenvalue weighted by molar-refractivity contribution is 0.774. The second kappa shape index (κ2) is 8.24. The predicted molar refractivity (Wildman–Crippen MR) is 121 cm³/mol. The van der Waals surface area contributed by atoms with Gasteiger partial charge in [-0.1, -0.05) is 56.8 Å². The molecule has 0 fully saturated rings. The van der Waals surface area contributed by atoms with Crippen molar-refractivity contribution in [3.05, 3.63) is 76.0 Å². The fraction of sp³-hybridized carbons (Fsp3) is 0.280. The molecule has 3 rings (SSSR count). The van der Waals surface area contributed by atoms with E-state index >= 15 is 0 Å². The van der Waals surface area contributed by atoms with Crippen molar-refractivity contribution in [3.8, 4) is 22.3 Å². The van der Waals surface area contributed by atoms with Crippen LogP contribution in [0.1, 0.15) is 48.3 Å². The van der Waals surface area contributed by atoms with Crippen LogP contribution in [0, 0.1) is 6.92 Å². The Morgan fingerprint density at radius 1 is 1.07 bits per heavy atom. The van der Waals surface area contributed by atoms with Gasteiger partial charge in [0, 0.05) is 10.4 Å². The molecular weight excluding hydrogens is 346 g/mol. The van der Waals surface area contributed by atoms with E-state index in [1.54, 1.807) is 11.3 Å². The van der Waals surface area contributed by atoms with Crippen LogP contribution in [0.2, 0.25) is 0 Å². The van der Waals surface area contributed by atoms with Crippen molar-refractivity contribution >= 4 is 16.9 Å². The lowest BCUT2D eigenvalue weighted by Crippen LogP contribution is -2.08. The zero-order valence-corrected chi connectivity index (χ0v) is 17.6. The molecule has 0 spiro atoms. The Morgan fingerprint density at radius 2 is 1.78 bits per heavy atom. The van der Waals surface area contributed by atoms with Crippen molar-refractivity contribution in [2.45, 2.75) is 40.0 Å². The molecule has 1 unspecified atom stereocenters. The number of thiophene rings is 1. The lowest BCUT2D eigenvalue weighted by Gasteiger charge is -2.19. The molecule has 1 heterocycles. The number of aryl methyl sites for hydroxylation is 2. The molecule has 0 aliphatic heterocycles. The average Bonchev–Trinajstić information content (AvgIpc) is 3.17. The lowest BCUT2D eigenvalue weighted by atomic mass is 9.85.